The third-order valence-electron chi connectivity index (χ3n) is 6.53. The number of morpholine rings is 2. The van der Waals surface area contributed by atoms with Crippen LogP contribution in [0.25, 0.3) is 11.2 Å². The zero-order valence-electron chi connectivity index (χ0n) is 18.6. The fourth-order valence-electron chi connectivity index (χ4n) is 5.06. The van der Waals surface area contributed by atoms with Gasteiger partial charge in [0.05, 0.1) is 25.4 Å². The summed E-state index contributed by atoms with van der Waals surface area (Å²) in [6.45, 7) is 10.2. The van der Waals surface area contributed by atoms with E-state index in [-0.39, 0.29) is 29.2 Å². The van der Waals surface area contributed by atoms with Crippen LogP contribution in [0.5, 0.6) is 0 Å². The van der Waals surface area contributed by atoms with Gasteiger partial charge in [0.2, 0.25) is 5.28 Å². The number of aromatic nitrogens is 4. The number of carbonyl (C=O) groups excluding carboxylic acids is 1. The van der Waals surface area contributed by atoms with Crippen molar-refractivity contribution in [1.82, 2.24) is 29.7 Å². The van der Waals surface area contributed by atoms with E-state index in [1.54, 1.807) is 0 Å². The maximum atomic E-state index is 13.2. The topological polar surface area (TPSA) is 99.7 Å². The van der Waals surface area contributed by atoms with Crippen molar-refractivity contribution >= 4 is 34.5 Å². The number of piperidine rings is 1. The molecule has 32 heavy (non-hydrogen) atoms. The molecule has 1 N–H and O–H groups in total. The summed E-state index contributed by atoms with van der Waals surface area (Å²) in [7, 11) is 0. The minimum absolute atomic E-state index is 0.103. The van der Waals surface area contributed by atoms with E-state index in [1.807, 2.05) is 4.90 Å². The molecule has 3 saturated heterocycles. The van der Waals surface area contributed by atoms with Crippen LogP contribution in [0, 0.1) is 0 Å². The summed E-state index contributed by atoms with van der Waals surface area (Å²) in [5.74, 6) is 0.858. The molecule has 3 aliphatic heterocycles. The second kappa shape index (κ2) is 9.09. The summed E-state index contributed by atoms with van der Waals surface area (Å²) < 4.78 is 11.3. The maximum Gasteiger partial charge on any atom is 0.289 e. The minimum Gasteiger partial charge on any atom is -0.378 e. The number of fused-ring (bicyclic) bond motifs is 1. The Morgan fingerprint density at radius 3 is 2.41 bits per heavy atom. The van der Waals surface area contributed by atoms with E-state index < -0.39 is 0 Å². The third-order valence-corrected chi connectivity index (χ3v) is 6.70. The molecule has 2 atom stereocenters. The molecule has 5 heterocycles. The summed E-state index contributed by atoms with van der Waals surface area (Å²) in [5.41, 5.74) is 1.06. The number of likely N-dealkylation sites (tertiary alicyclic amines) is 1. The largest absolute Gasteiger partial charge is 0.378 e. The highest BCUT2D eigenvalue weighted by molar-refractivity contribution is 6.28. The lowest BCUT2D eigenvalue weighted by Crippen LogP contribution is -2.53. The highest BCUT2D eigenvalue weighted by Crippen LogP contribution is 2.26. The Balaban J connectivity index is 1.29. The quantitative estimate of drug-likeness (QED) is 0.684. The Morgan fingerprint density at radius 2 is 1.72 bits per heavy atom. The first-order valence-electron chi connectivity index (χ1n) is 11.4. The molecule has 0 aliphatic carbocycles. The normalized spacial score (nSPS) is 26.1. The fourth-order valence-corrected chi connectivity index (χ4v) is 5.22. The minimum atomic E-state index is -0.103. The SMILES string of the molecule is C[C@@H]1CN(C2CCN(C(=O)c3nc4nc(Cl)nc(N5CCOCC5)c4[nH]3)CC2)C[C@H](C)O1. The highest BCUT2D eigenvalue weighted by atomic mass is 35.5. The molecule has 10 nitrogen and oxygen atoms in total. The van der Waals surface area contributed by atoms with Gasteiger partial charge < -0.3 is 24.3 Å². The Hall–Kier alpha value is -2.01. The predicted octanol–water partition coefficient (Wildman–Crippen LogP) is 1.56. The number of carbonyl (C=O) groups is 1. The van der Waals surface area contributed by atoms with E-state index >= 15 is 0 Å². The Labute approximate surface area is 192 Å². The van der Waals surface area contributed by atoms with Gasteiger partial charge in [0, 0.05) is 45.3 Å². The van der Waals surface area contributed by atoms with Crippen molar-refractivity contribution in [3.63, 3.8) is 0 Å². The number of rotatable bonds is 3. The second-order valence-corrected chi connectivity index (χ2v) is 9.27. The molecule has 1 amide bonds. The number of H-pyrrole nitrogens is 1. The van der Waals surface area contributed by atoms with Gasteiger partial charge in [-0.1, -0.05) is 0 Å². The number of halogens is 1. The van der Waals surface area contributed by atoms with Gasteiger partial charge in [-0.2, -0.15) is 9.97 Å². The van der Waals surface area contributed by atoms with Crippen LogP contribution >= 0.6 is 11.6 Å². The fraction of sp³-hybridized carbons (Fsp3) is 0.714. The highest BCUT2D eigenvalue weighted by Gasteiger charge is 2.33. The average Bonchev–Trinajstić information content (AvgIpc) is 3.22. The van der Waals surface area contributed by atoms with E-state index in [1.165, 1.54) is 0 Å². The van der Waals surface area contributed by atoms with Crippen LogP contribution in [-0.2, 0) is 9.47 Å². The van der Waals surface area contributed by atoms with Gasteiger partial charge in [-0.05, 0) is 38.3 Å². The van der Waals surface area contributed by atoms with E-state index in [0.717, 1.165) is 25.9 Å². The molecular formula is C21H30ClN7O3. The van der Waals surface area contributed by atoms with Gasteiger partial charge in [-0.25, -0.2) is 4.98 Å². The summed E-state index contributed by atoms with van der Waals surface area (Å²) in [4.78, 5) is 36.0. The summed E-state index contributed by atoms with van der Waals surface area (Å²) in [6.07, 6.45) is 2.41. The number of imidazole rings is 1. The van der Waals surface area contributed by atoms with Crippen LogP contribution in [-0.4, -0.2) is 106 Å². The number of nitrogens with zero attached hydrogens (tertiary/aromatic N) is 6. The van der Waals surface area contributed by atoms with Crippen molar-refractivity contribution in [2.75, 3.05) is 57.4 Å². The molecular weight excluding hydrogens is 434 g/mol. The summed E-state index contributed by atoms with van der Waals surface area (Å²) >= 11 is 6.15. The van der Waals surface area contributed by atoms with Gasteiger partial charge in [-0.15, -0.1) is 0 Å². The molecule has 3 aliphatic rings. The van der Waals surface area contributed by atoms with Crippen LogP contribution in [0.3, 0.4) is 0 Å². The van der Waals surface area contributed by atoms with Crippen molar-refractivity contribution in [3.05, 3.63) is 11.1 Å². The monoisotopic (exact) mass is 463 g/mol. The molecule has 0 aromatic carbocycles. The van der Waals surface area contributed by atoms with Crippen LogP contribution in [0.4, 0.5) is 5.82 Å². The van der Waals surface area contributed by atoms with Gasteiger partial charge in [0.25, 0.3) is 5.91 Å². The third kappa shape index (κ3) is 4.41. The van der Waals surface area contributed by atoms with Gasteiger partial charge in [0.15, 0.2) is 17.3 Å². The molecule has 0 bridgehead atoms. The number of hydrogen-bond acceptors (Lipinski definition) is 8. The number of nitrogens with one attached hydrogen (secondary N) is 1. The molecule has 0 saturated carbocycles. The van der Waals surface area contributed by atoms with Crippen molar-refractivity contribution in [3.8, 4) is 0 Å². The zero-order chi connectivity index (χ0) is 22.2. The average molecular weight is 464 g/mol. The Bertz CT molecular complexity index is 962. The molecule has 0 spiro atoms. The van der Waals surface area contributed by atoms with Crippen LogP contribution in [0.15, 0.2) is 0 Å². The molecule has 3 fully saturated rings. The second-order valence-electron chi connectivity index (χ2n) is 8.93. The van der Waals surface area contributed by atoms with Crippen LogP contribution in [0.2, 0.25) is 5.28 Å². The number of amides is 1. The van der Waals surface area contributed by atoms with Crippen molar-refractivity contribution in [1.29, 1.82) is 0 Å². The number of anilines is 1. The Kier molecular flexibility index (Phi) is 6.20. The van der Waals surface area contributed by atoms with Gasteiger partial charge in [-0.3, -0.25) is 9.69 Å². The zero-order valence-corrected chi connectivity index (χ0v) is 19.3. The summed E-state index contributed by atoms with van der Waals surface area (Å²) in [5, 5.41) is 0.124. The van der Waals surface area contributed by atoms with E-state index in [2.05, 4.69) is 43.6 Å². The first kappa shape index (κ1) is 21.8. The van der Waals surface area contributed by atoms with Gasteiger partial charge >= 0.3 is 0 Å². The molecule has 11 heteroatoms. The van der Waals surface area contributed by atoms with Crippen LogP contribution < -0.4 is 4.90 Å². The lowest BCUT2D eigenvalue weighted by atomic mass is 10.0. The van der Waals surface area contributed by atoms with E-state index in [9.17, 15) is 4.79 Å². The van der Waals surface area contributed by atoms with Crippen molar-refractivity contribution < 1.29 is 14.3 Å². The van der Waals surface area contributed by atoms with E-state index in [4.69, 9.17) is 21.1 Å². The molecule has 2 aromatic heterocycles. The first-order chi connectivity index (χ1) is 15.5. The number of hydrogen-bond donors (Lipinski definition) is 1. The summed E-state index contributed by atoms with van der Waals surface area (Å²) in [6, 6.07) is 0.487. The van der Waals surface area contributed by atoms with Crippen LogP contribution in [0.1, 0.15) is 37.3 Å². The smallest absolute Gasteiger partial charge is 0.289 e. The van der Waals surface area contributed by atoms with Gasteiger partial charge in [0.1, 0.15) is 5.52 Å². The standard InChI is InChI=1S/C21H30ClN7O3/c1-13-11-29(12-14(2)32-13)15-3-5-28(6-4-15)20(30)18-23-16-17(24-18)25-21(22)26-19(16)27-7-9-31-10-8-27/h13-15H,3-12H2,1-2H3,(H,23,24,25,26)/t13-,14+. The lowest BCUT2D eigenvalue weighted by molar-refractivity contribution is -0.0856. The number of ether oxygens (including phenoxy) is 2. The lowest BCUT2D eigenvalue weighted by Gasteiger charge is -2.43. The molecule has 0 radical (unpaired) electrons. The predicted molar refractivity (Wildman–Crippen MR) is 120 cm³/mol. The molecule has 2 aromatic rings. The first-order valence-corrected chi connectivity index (χ1v) is 11.8. The van der Waals surface area contributed by atoms with Crippen molar-refractivity contribution in [2.24, 2.45) is 0 Å². The molecule has 174 valence electrons. The maximum absolute atomic E-state index is 13.2. The van der Waals surface area contributed by atoms with Crippen molar-refractivity contribution in [2.45, 2.75) is 44.9 Å². The number of aromatic amines is 1. The Morgan fingerprint density at radius 1 is 1.03 bits per heavy atom. The molecule has 5 rings (SSSR count). The van der Waals surface area contributed by atoms with E-state index in [0.29, 0.717) is 62.4 Å². The molecule has 0 unspecified atom stereocenters.